The minimum absolute atomic E-state index is 0.0104. The van der Waals surface area contributed by atoms with Crippen molar-refractivity contribution in [1.29, 1.82) is 0 Å². The van der Waals surface area contributed by atoms with Crippen LogP contribution in [0.4, 0.5) is 0 Å². The van der Waals surface area contributed by atoms with Crippen molar-refractivity contribution in [3.05, 3.63) is 0 Å². The highest BCUT2D eigenvalue weighted by molar-refractivity contribution is 4.93. The van der Waals surface area contributed by atoms with E-state index in [1.807, 2.05) is 0 Å². The maximum Gasteiger partial charge on any atom is 0.0583 e. The van der Waals surface area contributed by atoms with Crippen LogP contribution in [0.15, 0.2) is 0 Å². The number of nitrogens with zero attached hydrogens (tertiary/aromatic N) is 1. The fraction of sp³-hybridized carbons (Fsp3) is 1.00. The quantitative estimate of drug-likeness (QED) is 0.689. The van der Waals surface area contributed by atoms with Crippen molar-refractivity contribution in [2.75, 3.05) is 26.2 Å². The van der Waals surface area contributed by atoms with Gasteiger partial charge in [-0.3, -0.25) is 0 Å². The maximum absolute atomic E-state index is 9.82. The highest BCUT2D eigenvalue weighted by Gasteiger charge is 2.41. The lowest BCUT2D eigenvalue weighted by Gasteiger charge is -2.18. The summed E-state index contributed by atoms with van der Waals surface area (Å²) in [5.74, 6) is 1.37. The number of likely N-dealkylation sites (tertiary alicyclic amines) is 1. The van der Waals surface area contributed by atoms with Gasteiger partial charge in [0, 0.05) is 25.0 Å². The minimum Gasteiger partial charge on any atom is -0.393 e. The average molecular weight is 226 g/mol. The molecule has 3 atom stereocenters. The van der Waals surface area contributed by atoms with E-state index in [1.165, 1.54) is 25.9 Å². The zero-order valence-corrected chi connectivity index (χ0v) is 10.7. The summed E-state index contributed by atoms with van der Waals surface area (Å²) >= 11 is 0. The maximum atomic E-state index is 9.82. The van der Waals surface area contributed by atoms with E-state index in [0.29, 0.717) is 12.0 Å². The minimum atomic E-state index is -0.0104. The summed E-state index contributed by atoms with van der Waals surface area (Å²) in [5, 5.41) is 13.3. The molecular formula is C13H26N2O. The second-order valence-electron chi connectivity index (χ2n) is 5.79. The predicted octanol–water partition coefficient (Wildman–Crippen LogP) is 1.08. The molecule has 0 bridgehead atoms. The fourth-order valence-electron chi connectivity index (χ4n) is 3.20. The van der Waals surface area contributed by atoms with Crippen LogP contribution in [0.25, 0.3) is 0 Å². The molecule has 1 saturated carbocycles. The Kier molecular flexibility index (Phi) is 4.22. The van der Waals surface area contributed by atoms with E-state index in [-0.39, 0.29) is 6.10 Å². The first-order valence-corrected chi connectivity index (χ1v) is 6.80. The smallest absolute Gasteiger partial charge is 0.0583 e. The second kappa shape index (κ2) is 5.48. The van der Waals surface area contributed by atoms with E-state index < -0.39 is 0 Å². The molecule has 2 rings (SSSR count). The number of aliphatic hydroxyl groups is 1. The summed E-state index contributed by atoms with van der Waals surface area (Å²) in [7, 11) is 0. The normalized spacial score (nSPS) is 34.9. The molecule has 0 aromatic carbocycles. The highest BCUT2D eigenvalue weighted by atomic mass is 16.3. The van der Waals surface area contributed by atoms with Crippen molar-refractivity contribution in [2.24, 2.45) is 11.8 Å². The summed E-state index contributed by atoms with van der Waals surface area (Å²) < 4.78 is 0. The van der Waals surface area contributed by atoms with Crippen LogP contribution in [0.5, 0.6) is 0 Å². The van der Waals surface area contributed by atoms with Crippen LogP contribution in [0.3, 0.4) is 0 Å². The van der Waals surface area contributed by atoms with Crippen LogP contribution >= 0.6 is 0 Å². The molecule has 1 heterocycles. The molecule has 3 nitrogen and oxygen atoms in total. The molecule has 0 amide bonds. The largest absolute Gasteiger partial charge is 0.393 e. The lowest BCUT2D eigenvalue weighted by Crippen LogP contribution is -2.30. The Morgan fingerprint density at radius 2 is 2.12 bits per heavy atom. The molecule has 16 heavy (non-hydrogen) atoms. The molecule has 0 radical (unpaired) electrons. The van der Waals surface area contributed by atoms with E-state index in [1.54, 1.807) is 0 Å². The summed E-state index contributed by atoms with van der Waals surface area (Å²) in [6.07, 6.45) is 3.50. The van der Waals surface area contributed by atoms with Gasteiger partial charge in [0.05, 0.1) is 6.10 Å². The Bertz CT molecular complexity index is 220. The molecule has 2 fully saturated rings. The van der Waals surface area contributed by atoms with Gasteiger partial charge in [-0.2, -0.15) is 0 Å². The molecule has 3 unspecified atom stereocenters. The number of nitrogens with one attached hydrogen (secondary N) is 1. The summed E-state index contributed by atoms with van der Waals surface area (Å²) in [6.45, 7) is 9.05. The first kappa shape index (κ1) is 12.3. The first-order valence-electron chi connectivity index (χ1n) is 6.80. The molecule has 1 aliphatic carbocycles. The Labute approximate surface area is 99.2 Å². The van der Waals surface area contributed by atoms with E-state index in [9.17, 15) is 5.11 Å². The molecule has 1 saturated heterocycles. The Morgan fingerprint density at radius 3 is 2.81 bits per heavy atom. The van der Waals surface area contributed by atoms with Crippen LogP contribution in [0, 0.1) is 11.8 Å². The van der Waals surface area contributed by atoms with Crippen molar-refractivity contribution in [1.82, 2.24) is 10.2 Å². The fourth-order valence-corrected chi connectivity index (χ4v) is 3.20. The SMILES string of the molecule is CC(C)NCCCN1CC2CCC(O)C2C1. The van der Waals surface area contributed by atoms with Gasteiger partial charge in [0.15, 0.2) is 0 Å². The summed E-state index contributed by atoms with van der Waals surface area (Å²) in [5.41, 5.74) is 0. The molecule has 94 valence electrons. The lowest BCUT2D eigenvalue weighted by molar-refractivity contribution is 0.124. The zero-order valence-electron chi connectivity index (χ0n) is 10.7. The third kappa shape index (κ3) is 2.96. The number of hydrogen-bond donors (Lipinski definition) is 2. The molecular weight excluding hydrogens is 200 g/mol. The van der Waals surface area contributed by atoms with E-state index in [0.717, 1.165) is 25.4 Å². The van der Waals surface area contributed by atoms with Gasteiger partial charge in [-0.05, 0) is 38.3 Å². The number of aliphatic hydroxyl groups excluding tert-OH is 1. The zero-order chi connectivity index (χ0) is 11.5. The van der Waals surface area contributed by atoms with E-state index in [2.05, 4.69) is 24.1 Å². The molecule has 0 aromatic rings. The number of rotatable bonds is 5. The van der Waals surface area contributed by atoms with Gasteiger partial charge in [-0.15, -0.1) is 0 Å². The van der Waals surface area contributed by atoms with E-state index >= 15 is 0 Å². The summed E-state index contributed by atoms with van der Waals surface area (Å²) in [4.78, 5) is 2.54. The second-order valence-corrected chi connectivity index (χ2v) is 5.79. The van der Waals surface area contributed by atoms with Crippen LogP contribution in [0.2, 0.25) is 0 Å². The standard InChI is InChI=1S/C13H26N2O/c1-10(2)14-6-3-7-15-8-11-4-5-13(16)12(11)9-15/h10-14,16H,3-9H2,1-2H3. The number of hydrogen-bond acceptors (Lipinski definition) is 3. The Balaban J connectivity index is 1.62. The van der Waals surface area contributed by atoms with Crippen LogP contribution in [-0.2, 0) is 0 Å². The monoisotopic (exact) mass is 226 g/mol. The third-order valence-electron chi connectivity index (χ3n) is 4.10. The third-order valence-corrected chi connectivity index (χ3v) is 4.10. The number of fused-ring (bicyclic) bond motifs is 1. The lowest BCUT2D eigenvalue weighted by atomic mass is 10.00. The summed E-state index contributed by atoms with van der Waals surface area (Å²) in [6, 6.07) is 0.597. The van der Waals surface area contributed by atoms with Crippen molar-refractivity contribution >= 4 is 0 Å². The van der Waals surface area contributed by atoms with Crippen molar-refractivity contribution in [3.63, 3.8) is 0 Å². The molecule has 1 aliphatic heterocycles. The molecule has 0 spiro atoms. The van der Waals surface area contributed by atoms with Gasteiger partial charge in [-0.1, -0.05) is 13.8 Å². The topological polar surface area (TPSA) is 35.5 Å². The molecule has 0 aromatic heterocycles. The molecule has 2 N–H and O–H groups in total. The average Bonchev–Trinajstić information content (AvgIpc) is 2.76. The van der Waals surface area contributed by atoms with Gasteiger partial charge < -0.3 is 15.3 Å². The van der Waals surface area contributed by atoms with Crippen molar-refractivity contribution in [3.8, 4) is 0 Å². The van der Waals surface area contributed by atoms with E-state index in [4.69, 9.17) is 0 Å². The van der Waals surface area contributed by atoms with Crippen LogP contribution in [-0.4, -0.2) is 48.3 Å². The van der Waals surface area contributed by atoms with Crippen LogP contribution < -0.4 is 5.32 Å². The predicted molar refractivity (Wildman–Crippen MR) is 66.4 cm³/mol. The van der Waals surface area contributed by atoms with Gasteiger partial charge >= 0.3 is 0 Å². The van der Waals surface area contributed by atoms with Gasteiger partial charge in [-0.25, -0.2) is 0 Å². The van der Waals surface area contributed by atoms with Gasteiger partial charge in [0.1, 0.15) is 0 Å². The van der Waals surface area contributed by atoms with Crippen molar-refractivity contribution < 1.29 is 5.11 Å². The molecule has 2 aliphatic rings. The van der Waals surface area contributed by atoms with Gasteiger partial charge in [0.2, 0.25) is 0 Å². The van der Waals surface area contributed by atoms with Gasteiger partial charge in [0.25, 0.3) is 0 Å². The Hall–Kier alpha value is -0.120. The highest BCUT2D eigenvalue weighted by Crippen LogP contribution is 2.37. The molecule has 3 heteroatoms. The first-order chi connectivity index (χ1) is 7.66. The van der Waals surface area contributed by atoms with Crippen LogP contribution in [0.1, 0.15) is 33.1 Å². The van der Waals surface area contributed by atoms with Crippen molar-refractivity contribution in [2.45, 2.75) is 45.3 Å². The Morgan fingerprint density at radius 1 is 1.31 bits per heavy atom.